The molecule has 0 fully saturated rings. The molecule has 114 valence electrons. The third-order valence-corrected chi connectivity index (χ3v) is 4.80. The van der Waals surface area contributed by atoms with Crippen molar-refractivity contribution < 1.29 is 4.79 Å². The van der Waals surface area contributed by atoms with Gasteiger partial charge in [0.15, 0.2) is 5.69 Å². The minimum absolute atomic E-state index is 0.160. The van der Waals surface area contributed by atoms with Gasteiger partial charge >= 0.3 is 0 Å². The van der Waals surface area contributed by atoms with Crippen molar-refractivity contribution in [2.24, 2.45) is 0 Å². The minimum atomic E-state index is -0.160. The number of thiazole rings is 1. The lowest BCUT2D eigenvalue weighted by Crippen LogP contribution is -2.23. The highest BCUT2D eigenvalue weighted by atomic mass is 32.1. The fourth-order valence-corrected chi connectivity index (χ4v) is 3.22. The molecule has 3 aromatic heterocycles. The van der Waals surface area contributed by atoms with E-state index in [0.717, 1.165) is 33.1 Å². The molecule has 1 amide bonds. The van der Waals surface area contributed by atoms with Gasteiger partial charge in [-0.2, -0.15) is 5.10 Å². The Morgan fingerprint density at radius 2 is 2.18 bits per heavy atom. The monoisotopic (exact) mass is 314 g/mol. The second kappa shape index (κ2) is 5.88. The fourth-order valence-electron chi connectivity index (χ4n) is 2.27. The van der Waals surface area contributed by atoms with Gasteiger partial charge < -0.3 is 5.32 Å². The Hall–Kier alpha value is -2.21. The van der Waals surface area contributed by atoms with E-state index in [0.29, 0.717) is 12.2 Å². The summed E-state index contributed by atoms with van der Waals surface area (Å²) >= 11 is 1.65. The maximum Gasteiger partial charge on any atom is 0.272 e. The molecule has 5 nitrogen and oxygen atoms in total. The Bertz CT molecular complexity index is 834. The van der Waals surface area contributed by atoms with Crippen LogP contribution in [0.1, 0.15) is 38.6 Å². The summed E-state index contributed by atoms with van der Waals surface area (Å²) in [5.41, 5.74) is 3.50. The molecule has 0 unspecified atom stereocenters. The van der Waals surface area contributed by atoms with Crippen molar-refractivity contribution in [2.45, 2.75) is 33.7 Å². The third kappa shape index (κ3) is 2.87. The molecule has 0 aliphatic rings. The molecule has 0 saturated carbocycles. The smallest absolute Gasteiger partial charge is 0.272 e. The lowest BCUT2D eigenvalue weighted by atomic mass is 10.2. The van der Waals surface area contributed by atoms with E-state index in [9.17, 15) is 4.79 Å². The van der Waals surface area contributed by atoms with Crippen LogP contribution in [0.4, 0.5) is 0 Å². The van der Waals surface area contributed by atoms with Gasteiger partial charge in [0.2, 0.25) is 0 Å². The highest BCUT2D eigenvalue weighted by Gasteiger charge is 2.12. The molecular weight excluding hydrogens is 296 g/mol. The molecule has 6 heteroatoms. The Kier molecular flexibility index (Phi) is 3.94. The van der Waals surface area contributed by atoms with Gasteiger partial charge in [-0.1, -0.05) is 6.92 Å². The highest BCUT2D eigenvalue weighted by molar-refractivity contribution is 7.11. The summed E-state index contributed by atoms with van der Waals surface area (Å²) in [6.45, 7) is 6.57. The predicted octanol–water partition coefficient (Wildman–Crippen LogP) is 2.90. The van der Waals surface area contributed by atoms with Crippen molar-refractivity contribution >= 4 is 22.8 Å². The quantitative estimate of drug-likeness (QED) is 0.805. The van der Waals surface area contributed by atoms with Gasteiger partial charge in [0, 0.05) is 11.1 Å². The number of carbonyl (C=O) groups is 1. The van der Waals surface area contributed by atoms with Crippen LogP contribution in [0.3, 0.4) is 0 Å². The number of fused-ring (bicyclic) bond motifs is 1. The van der Waals surface area contributed by atoms with E-state index in [2.05, 4.69) is 22.3 Å². The van der Waals surface area contributed by atoms with Crippen molar-refractivity contribution in [1.82, 2.24) is 19.9 Å². The predicted molar refractivity (Wildman–Crippen MR) is 87.3 cm³/mol. The van der Waals surface area contributed by atoms with Crippen molar-refractivity contribution in [1.29, 1.82) is 0 Å². The van der Waals surface area contributed by atoms with Crippen molar-refractivity contribution in [3.63, 3.8) is 0 Å². The number of aromatic nitrogens is 3. The number of aryl methyl sites for hydroxylation is 3. The molecule has 0 saturated heterocycles. The Balaban J connectivity index is 1.74. The van der Waals surface area contributed by atoms with E-state index in [1.165, 1.54) is 0 Å². The molecule has 0 atom stereocenters. The Labute approximate surface area is 133 Å². The topological polar surface area (TPSA) is 59.3 Å². The zero-order chi connectivity index (χ0) is 15.7. The first-order valence-corrected chi connectivity index (χ1v) is 8.08. The van der Waals surface area contributed by atoms with Crippen molar-refractivity contribution in [3.8, 4) is 0 Å². The lowest BCUT2D eigenvalue weighted by molar-refractivity contribution is 0.0946. The second-order valence-electron chi connectivity index (χ2n) is 5.26. The summed E-state index contributed by atoms with van der Waals surface area (Å²) in [4.78, 5) is 17.8. The molecule has 22 heavy (non-hydrogen) atoms. The van der Waals surface area contributed by atoms with E-state index >= 15 is 0 Å². The Morgan fingerprint density at radius 3 is 2.91 bits per heavy atom. The fraction of sp³-hybridized carbons (Fsp3) is 0.312. The highest BCUT2D eigenvalue weighted by Crippen LogP contribution is 2.18. The average Bonchev–Trinajstić information content (AvgIpc) is 3.07. The number of hydrogen-bond donors (Lipinski definition) is 1. The number of amides is 1. The summed E-state index contributed by atoms with van der Waals surface area (Å²) in [7, 11) is 0. The molecule has 0 radical (unpaired) electrons. The van der Waals surface area contributed by atoms with E-state index in [1.54, 1.807) is 21.9 Å². The number of pyridine rings is 1. The summed E-state index contributed by atoms with van der Waals surface area (Å²) in [6.07, 6.45) is 2.79. The maximum atomic E-state index is 12.3. The summed E-state index contributed by atoms with van der Waals surface area (Å²) in [5, 5.41) is 8.33. The molecule has 0 aliphatic carbocycles. The van der Waals surface area contributed by atoms with Gasteiger partial charge in [0.05, 0.1) is 22.8 Å². The molecule has 1 N–H and O–H groups in total. The van der Waals surface area contributed by atoms with Crippen molar-refractivity contribution in [2.75, 3.05) is 0 Å². The molecular formula is C16H18N4OS. The van der Waals surface area contributed by atoms with Crippen LogP contribution in [0.2, 0.25) is 0 Å². The van der Waals surface area contributed by atoms with E-state index in [1.807, 2.05) is 32.2 Å². The molecule has 3 aromatic rings. The molecule has 0 bridgehead atoms. The van der Waals surface area contributed by atoms with Gasteiger partial charge in [0.25, 0.3) is 5.91 Å². The zero-order valence-electron chi connectivity index (χ0n) is 12.9. The van der Waals surface area contributed by atoms with Gasteiger partial charge in [0.1, 0.15) is 0 Å². The van der Waals surface area contributed by atoms with Crippen LogP contribution in [-0.4, -0.2) is 20.5 Å². The normalized spacial score (nSPS) is 11.0. The van der Waals surface area contributed by atoms with Crippen LogP contribution in [0.5, 0.6) is 0 Å². The van der Waals surface area contributed by atoms with Crippen LogP contribution in [0, 0.1) is 13.8 Å². The minimum Gasteiger partial charge on any atom is -0.346 e. The average molecular weight is 314 g/mol. The number of nitrogens with zero attached hydrogens (tertiary/aromatic N) is 3. The number of nitrogens with one attached hydrogen (secondary N) is 1. The van der Waals surface area contributed by atoms with E-state index in [4.69, 9.17) is 0 Å². The summed E-state index contributed by atoms with van der Waals surface area (Å²) < 4.78 is 1.72. The largest absolute Gasteiger partial charge is 0.346 e. The lowest BCUT2D eigenvalue weighted by Gasteiger charge is -2.01. The zero-order valence-corrected chi connectivity index (χ0v) is 13.7. The van der Waals surface area contributed by atoms with E-state index < -0.39 is 0 Å². The first-order chi connectivity index (χ1) is 10.6. The van der Waals surface area contributed by atoms with Crippen LogP contribution in [0.25, 0.3) is 5.52 Å². The molecule has 0 spiro atoms. The van der Waals surface area contributed by atoms with Crippen LogP contribution < -0.4 is 5.32 Å². The molecule has 3 heterocycles. The SMILES string of the molecule is CCc1nc(C)c(CNC(=O)c2cc3cc(C)ccn3n2)s1. The summed E-state index contributed by atoms with van der Waals surface area (Å²) in [6, 6.07) is 5.78. The first kappa shape index (κ1) is 14.7. The van der Waals surface area contributed by atoms with E-state index in [-0.39, 0.29) is 5.91 Å². The second-order valence-corrected chi connectivity index (χ2v) is 6.42. The standard InChI is InChI=1S/C16H18N4OS/c1-4-15-18-11(3)14(22-15)9-17-16(21)13-8-12-7-10(2)5-6-20(12)19-13/h5-8H,4,9H2,1-3H3,(H,17,21). The first-order valence-electron chi connectivity index (χ1n) is 7.26. The van der Waals surface area contributed by atoms with Gasteiger partial charge in [-0.15, -0.1) is 11.3 Å². The maximum absolute atomic E-state index is 12.3. The summed E-state index contributed by atoms with van der Waals surface area (Å²) in [5.74, 6) is -0.160. The van der Waals surface area contributed by atoms with Crippen LogP contribution in [-0.2, 0) is 13.0 Å². The molecule has 3 rings (SSSR count). The molecule has 0 aliphatic heterocycles. The Morgan fingerprint density at radius 1 is 1.36 bits per heavy atom. The number of carbonyl (C=O) groups excluding carboxylic acids is 1. The third-order valence-electron chi connectivity index (χ3n) is 3.50. The number of rotatable bonds is 4. The van der Waals surface area contributed by atoms with Crippen LogP contribution in [0.15, 0.2) is 24.4 Å². The molecule has 0 aromatic carbocycles. The van der Waals surface area contributed by atoms with Crippen molar-refractivity contribution in [3.05, 3.63) is 51.2 Å². The number of hydrogen-bond acceptors (Lipinski definition) is 4. The van der Waals surface area contributed by atoms with Gasteiger partial charge in [-0.25, -0.2) is 9.50 Å². The van der Waals surface area contributed by atoms with Crippen LogP contribution >= 0.6 is 11.3 Å². The van der Waals surface area contributed by atoms with Gasteiger partial charge in [-0.3, -0.25) is 4.79 Å². The van der Waals surface area contributed by atoms with Gasteiger partial charge in [-0.05, 0) is 44.0 Å².